The Labute approximate surface area is 357 Å². The summed E-state index contributed by atoms with van der Waals surface area (Å²) in [4.78, 5) is 39.1. The first kappa shape index (κ1) is 47.0. The van der Waals surface area contributed by atoms with Crippen LogP contribution in [0.15, 0.2) is 72.8 Å². The molecule has 0 bridgehead atoms. The van der Waals surface area contributed by atoms with Gasteiger partial charge in [-0.3, -0.25) is 14.4 Å². The molecule has 0 aliphatic rings. The summed E-state index contributed by atoms with van der Waals surface area (Å²) < 4.78 is 13.2. The molecular weight excluding hydrogens is 668 g/mol. The minimum atomic E-state index is -1.18. The SMILES string of the molecule is C[C@H](O)[C@@H](N)C(=O)O.O=CO[O-].[C-]#[N+]c1ccc(C[C@@H](C(=O)O)[C@H](C)O)c2ccccc12.[C-]#[N+]c1ccc(F)c2ccccc12.[H-].[K+].[K+]. The second kappa shape index (κ2) is 24.9. The molecule has 0 fully saturated rings. The molecule has 4 aromatic rings. The smallest absolute Gasteiger partial charge is 1.00 e. The summed E-state index contributed by atoms with van der Waals surface area (Å²) in [5.74, 6) is -3.32. The van der Waals surface area contributed by atoms with Crippen molar-refractivity contribution in [1.29, 1.82) is 0 Å². The van der Waals surface area contributed by atoms with Gasteiger partial charge in [-0.05, 0) is 48.1 Å². The fourth-order valence-electron chi connectivity index (χ4n) is 3.87. The summed E-state index contributed by atoms with van der Waals surface area (Å²) in [6.07, 6.45) is -1.66. The molecule has 4 aromatic carbocycles. The van der Waals surface area contributed by atoms with Crippen LogP contribution in [0.25, 0.3) is 31.2 Å². The Bertz CT molecular complexity index is 1700. The van der Waals surface area contributed by atoms with Crippen LogP contribution in [0.3, 0.4) is 0 Å². The van der Waals surface area contributed by atoms with Crippen LogP contribution < -0.4 is 114 Å². The zero-order valence-electron chi connectivity index (χ0n) is 27.2. The maximum atomic E-state index is 13.2. The van der Waals surface area contributed by atoms with Crippen LogP contribution in [-0.2, 0) is 25.7 Å². The number of carboxylic acid groups (broad SMARTS) is 2. The summed E-state index contributed by atoms with van der Waals surface area (Å²) in [7, 11) is 0. The van der Waals surface area contributed by atoms with E-state index in [1.54, 1.807) is 36.4 Å². The molecular formula is C32H32FK2N3O9. The van der Waals surface area contributed by atoms with Crippen molar-refractivity contribution in [3.63, 3.8) is 0 Å². The standard InChI is InChI=1S/C16H15NO3.C11H6FN.C4H9NO3.CH2O3.2K.H/c1-10(18)14(16(19)20)9-11-7-8-15(17-2)13-6-4-3-5-12(11)13;1-13-11-7-6-10(12)8-4-2-3-5-9(8)11;1-2(6)3(5)4(7)8;2-1-4-3;;;/h3-8,10,14,18H,9H2,1H3,(H,19,20);2-7H;2-3,6H,5H2,1H3,(H,7,8);1,3H;;;/q;;;;2*+1;-1/p-1/t10-,14+;;2-,3+;;;;/m0.0..../s1. The number of aliphatic carboxylic acids is 2. The van der Waals surface area contributed by atoms with E-state index in [1.165, 1.54) is 26.0 Å². The first-order valence-electron chi connectivity index (χ1n) is 13.1. The summed E-state index contributed by atoms with van der Waals surface area (Å²) in [5, 5.41) is 46.6. The maximum Gasteiger partial charge on any atom is 1.00 e. The number of carbonyl (C=O) groups is 3. The number of fused-ring (bicyclic) bond motifs is 2. The number of benzene rings is 4. The number of hydrogen-bond donors (Lipinski definition) is 5. The molecule has 0 aromatic heterocycles. The second-order valence-corrected chi connectivity index (χ2v) is 9.31. The van der Waals surface area contributed by atoms with E-state index >= 15 is 0 Å². The fraction of sp³-hybridized carbons (Fsp3) is 0.219. The van der Waals surface area contributed by atoms with Crippen LogP contribution >= 0.6 is 0 Å². The number of carbonyl (C=O) groups excluding carboxylic acids is 1. The van der Waals surface area contributed by atoms with Crippen LogP contribution in [-0.4, -0.2) is 57.1 Å². The van der Waals surface area contributed by atoms with Gasteiger partial charge in [0, 0.05) is 5.39 Å². The van der Waals surface area contributed by atoms with E-state index in [9.17, 15) is 19.1 Å². The number of halogens is 1. The third-order valence-electron chi connectivity index (χ3n) is 6.26. The third-order valence-corrected chi connectivity index (χ3v) is 6.26. The Kier molecular flexibility index (Phi) is 24.9. The molecule has 0 aliphatic carbocycles. The Morgan fingerprint density at radius 2 is 1.28 bits per heavy atom. The Balaban J connectivity index is -0.000000627. The molecule has 238 valence electrons. The number of hydrogen-bond acceptors (Lipinski definition) is 8. The fourth-order valence-corrected chi connectivity index (χ4v) is 3.87. The topological polar surface area (TPSA) is 199 Å². The minimum Gasteiger partial charge on any atom is -1.00 e. The molecule has 0 radical (unpaired) electrons. The zero-order chi connectivity index (χ0) is 34.1. The van der Waals surface area contributed by atoms with Gasteiger partial charge in [0.05, 0.1) is 31.3 Å². The first-order valence-corrected chi connectivity index (χ1v) is 13.1. The molecule has 4 atom stereocenters. The molecule has 15 heteroatoms. The van der Waals surface area contributed by atoms with Crippen molar-refractivity contribution in [2.45, 2.75) is 38.5 Å². The van der Waals surface area contributed by atoms with Crippen molar-refractivity contribution in [2.24, 2.45) is 11.7 Å². The zero-order valence-corrected chi connectivity index (χ0v) is 32.4. The number of aliphatic hydroxyl groups excluding tert-OH is 2. The molecule has 0 saturated carbocycles. The van der Waals surface area contributed by atoms with E-state index in [4.69, 9.17) is 44.2 Å². The Morgan fingerprint density at radius 1 is 0.851 bits per heavy atom. The van der Waals surface area contributed by atoms with Crippen LogP contribution in [0.2, 0.25) is 0 Å². The van der Waals surface area contributed by atoms with E-state index in [2.05, 4.69) is 14.6 Å². The van der Waals surface area contributed by atoms with Crippen molar-refractivity contribution in [2.75, 3.05) is 0 Å². The van der Waals surface area contributed by atoms with E-state index in [-0.39, 0.29) is 123 Å². The molecule has 6 N–H and O–H groups in total. The van der Waals surface area contributed by atoms with Crippen molar-refractivity contribution in [3.8, 4) is 0 Å². The minimum absolute atomic E-state index is 0. The van der Waals surface area contributed by atoms with Gasteiger partial charge < -0.3 is 37.7 Å². The van der Waals surface area contributed by atoms with Gasteiger partial charge in [0.15, 0.2) is 11.4 Å². The van der Waals surface area contributed by atoms with Crippen molar-refractivity contribution in [3.05, 3.63) is 107 Å². The van der Waals surface area contributed by atoms with Gasteiger partial charge >= 0.3 is 115 Å². The molecule has 0 aliphatic heterocycles. The summed E-state index contributed by atoms with van der Waals surface area (Å²) in [6.45, 7) is 16.7. The van der Waals surface area contributed by atoms with Gasteiger partial charge in [0.1, 0.15) is 11.9 Å². The molecule has 0 amide bonds. The number of rotatable bonds is 7. The van der Waals surface area contributed by atoms with E-state index in [0.717, 1.165) is 16.3 Å². The molecule has 47 heavy (non-hydrogen) atoms. The van der Waals surface area contributed by atoms with Crippen LogP contribution in [0.1, 0.15) is 20.8 Å². The van der Waals surface area contributed by atoms with Gasteiger partial charge in [0.2, 0.25) is 0 Å². The number of aliphatic hydroxyl groups is 2. The van der Waals surface area contributed by atoms with Crippen molar-refractivity contribution >= 4 is 51.3 Å². The Morgan fingerprint density at radius 3 is 1.64 bits per heavy atom. The molecule has 0 unspecified atom stereocenters. The van der Waals surface area contributed by atoms with Gasteiger partial charge in [-0.2, -0.15) is 0 Å². The van der Waals surface area contributed by atoms with Crippen molar-refractivity contribution < 1.29 is 154 Å². The quantitative estimate of drug-likeness (QED) is 0.0467. The average Bonchev–Trinajstić information content (AvgIpc) is 3.03. The largest absolute Gasteiger partial charge is 1.00 e. The molecule has 0 saturated heterocycles. The molecule has 12 nitrogen and oxygen atoms in total. The molecule has 0 heterocycles. The van der Waals surface area contributed by atoms with E-state index < -0.39 is 36.1 Å². The second-order valence-electron chi connectivity index (χ2n) is 9.31. The van der Waals surface area contributed by atoms with E-state index in [0.29, 0.717) is 22.1 Å². The van der Waals surface area contributed by atoms with Gasteiger partial charge in [-0.1, -0.05) is 66.7 Å². The summed E-state index contributed by atoms with van der Waals surface area (Å²) >= 11 is 0. The Hall–Kier alpha value is -2.17. The van der Waals surface area contributed by atoms with Gasteiger partial charge in [-0.25, -0.2) is 14.1 Å². The predicted octanol–water partition coefficient (Wildman–Crippen LogP) is -2.12. The monoisotopic (exact) mass is 699 g/mol. The van der Waals surface area contributed by atoms with E-state index in [1.807, 2.05) is 24.3 Å². The molecule has 0 spiro atoms. The van der Waals surface area contributed by atoms with Crippen LogP contribution in [0.5, 0.6) is 0 Å². The number of nitrogens with two attached hydrogens (primary N) is 1. The average molecular weight is 700 g/mol. The number of carboxylic acids is 2. The van der Waals surface area contributed by atoms with Crippen molar-refractivity contribution in [1.82, 2.24) is 0 Å². The summed E-state index contributed by atoms with van der Waals surface area (Å²) in [6, 6.07) is 19.6. The van der Waals surface area contributed by atoms with Gasteiger partial charge in [-0.15, -0.1) is 0 Å². The molecule has 4 rings (SSSR count). The normalized spacial score (nSPS) is 11.9. The summed E-state index contributed by atoms with van der Waals surface area (Å²) in [5.41, 5.74) is 6.79. The van der Waals surface area contributed by atoms with Crippen LogP contribution in [0.4, 0.5) is 15.8 Å². The van der Waals surface area contributed by atoms with Crippen LogP contribution in [0, 0.1) is 24.9 Å². The predicted molar refractivity (Wildman–Crippen MR) is 162 cm³/mol. The number of nitrogens with zero attached hydrogens (tertiary/aromatic N) is 2. The third kappa shape index (κ3) is 15.3. The van der Waals surface area contributed by atoms with Gasteiger partial charge in [0.25, 0.3) is 6.47 Å². The maximum absolute atomic E-state index is 13.2. The first-order chi connectivity index (χ1) is 21.3.